The number of hydrogen-bond acceptors (Lipinski definition) is 4. The first-order valence-corrected chi connectivity index (χ1v) is 9.08. The average Bonchev–Trinajstić information content (AvgIpc) is 3.27. The number of amides is 1. The van der Waals surface area contributed by atoms with Gasteiger partial charge >= 0.3 is 0 Å². The van der Waals surface area contributed by atoms with Crippen LogP contribution in [-0.2, 0) is 17.9 Å². The van der Waals surface area contributed by atoms with Crippen molar-refractivity contribution in [2.24, 2.45) is 0 Å². The predicted octanol–water partition coefficient (Wildman–Crippen LogP) is 3.29. The van der Waals surface area contributed by atoms with E-state index < -0.39 is 12.3 Å². The molecule has 2 heterocycles. The van der Waals surface area contributed by atoms with Crippen LogP contribution in [0.2, 0.25) is 0 Å². The van der Waals surface area contributed by atoms with Gasteiger partial charge in [-0.1, -0.05) is 29.8 Å². The molecule has 0 atom stereocenters. The topological polar surface area (TPSA) is 77.6 Å². The van der Waals surface area contributed by atoms with Gasteiger partial charge in [-0.15, -0.1) is 5.10 Å². The number of aromatic nitrogens is 5. The molecule has 1 aliphatic rings. The van der Waals surface area contributed by atoms with Gasteiger partial charge in [0.1, 0.15) is 18.6 Å². The van der Waals surface area contributed by atoms with E-state index in [4.69, 9.17) is 0 Å². The number of aryl methyl sites for hydroxylation is 1. The molecule has 1 saturated carbocycles. The molecule has 1 N–H and O–H groups in total. The van der Waals surface area contributed by atoms with E-state index in [1.807, 2.05) is 31.2 Å². The Bertz CT molecular complexity index is 975. The first-order chi connectivity index (χ1) is 13.5. The van der Waals surface area contributed by atoms with E-state index in [0.29, 0.717) is 12.2 Å². The number of hydrogen-bond donors (Lipinski definition) is 1. The number of anilines is 1. The number of nitrogens with one attached hydrogen (secondary N) is 1. The molecule has 3 aromatic rings. The van der Waals surface area contributed by atoms with Crippen LogP contribution < -0.4 is 5.32 Å². The largest absolute Gasteiger partial charge is 0.292 e. The Morgan fingerprint density at radius 1 is 1.25 bits per heavy atom. The zero-order valence-corrected chi connectivity index (χ0v) is 15.3. The quantitative estimate of drug-likeness (QED) is 0.676. The summed E-state index contributed by atoms with van der Waals surface area (Å²) in [6.07, 6.45) is 0.747. The molecule has 0 unspecified atom stereocenters. The van der Waals surface area contributed by atoms with Crippen LogP contribution in [0.25, 0.3) is 0 Å². The number of carbonyl (C=O) groups is 1. The molecule has 4 rings (SSSR count). The van der Waals surface area contributed by atoms with Gasteiger partial charge in [-0.3, -0.25) is 14.8 Å². The Morgan fingerprint density at radius 3 is 2.68 bits per heavy atom. The van der Waals surface area contributed by atoms with E-state index in [1.54, 1.807) is 4.68 Å². The van der Waals surface area contributed by atoms with Gasteiger partial charge in [0.15, 0.2) is 0 Å². The third kappa shape index (κ3) is 4.24. The molecule has 28 heavy (non-hydrogen) atoms. The highest BCUT2D eigenvalue weighted by molar-refractivity contribution is 5.88. The van der Waals surface area contributed by atoms with Crippen LogP contribution in [0.4, 0.5) is 14.7 Å². The van der Waals surface area contributed by atoms with Gasteiger partial charge in [0.25, 0.3) is 6.43 Å². The van der Waals surface area contributed by atoms with Crippen molar-refractivity contribution in [3.8, 4) is 0 Å². The lowest BCUT2D eigenvalue weighted by Crippen LogP contribution is -2.21. The highest BCUT2D eigenvalue weighted by Crippen LogP contribution is 2.41. The fourth-order valence-electron chi connectivity index (χ4n) is 3.00. The average molecular weight is 386 g/mol. The molecule has 0 saturated heterocycles. The van der Waals surface area contributed by atoms with Crippen LogP contribution in [0.3, 0.4) is 0 Å². The van der Waals surface area contributed by atoms with Gasteiger partial charge < -0.3 is 0 Å². The Balaban J connectivity index is 1.39. The molecule has 0 bridgehead atoms. The summed E-state index contributed by atoms with van der Waals surface area (Å²) in [6, 6.07) is 9.44. The summed E-state index contributed by atoms with van der Waals surface area (Å²) < 4.78 is 28.8. The van der Waals surface area contributed by atoms with Crippen LogP contribution in [0, 0.1) is 6.92 Å². The maximum absolute atomic E-state index is 12.9. The van der Waals surface area contributed by atoms with Gasteiger partial charge in [-0.2, -0.15) is 5.10 Å². The standard InChI is InChI=1S/C19H20F2N6O/c1-12-2-4-13(5-3-12)9-26-11-22-19(25-26)23-17(28)10-27-16(14-6-7-14)8-15(24-27)18(20)21/h2-5,8,11,14,18H,6-7,9-10H2,1H3,(H,23,25,28). The maximum atomic E-state index is 12.9. The summed E-state index contributed by atoms with van der Waals surface area (Å²) in [4.78, 5) is 16.4. The minimum atomic E-state index is -2.65. The molecule has 1 aromatic carbocycles. The van der Waals surface area contributed by atoms with Gasteiger partial charge in [0, 0.05) is 11.6 Å². The lowest BCUT2D eigenvalue weighted by Gasteiger charge is -2.06. The van der Waals surface area contributed by atoms with Crippen molar-refractivity contribution < 1.29 is 13.6 Å². The van der Waals surface area contributed by atoms with Crippen molar-refractivity contribution in [3.05, 3.63) is 59.2 Å². The fourth-order valence-corrected chi connectivity index (χ4v) is 3.00. The Hall–Kier alpha value is -3.10. The minimum Gasteiger partial charge on any atom is -0.292 e. The molecule has 1 amide bonds. The summed E-state index contributed by atoms with van der Waals surface area (Å²) in [5.41, 5.74) is 2.63. The lowest BCUT2D eigenvalue weighted by atomic mass is 10.1. The molecule has 146 valence electrons. The van der Waals surface area contributed by atoms with Crippen molar-refractivity contribution in [3.63, 3.8) is 0 Å². The van der Waals surface area contributed by atoms with Gasteiger partial charge in [-0.05, 0) is 31.4 Å². The number of benzene rings is 1. The number of halogens is 2. The summed E-state index contributed by atoms with van der Waals surface area (Å²) in [5, 5.41) is 10.7. The highest BCUT2D eigenvalue weighted by Gasteiger charge is 2.30. The van der Waals surface area contributed by atoms with Crippen LogP contribution >= 0.6 is 0 Å². The van der Waals surface area contributed by atoms with Crippen molar-refractivity contribution in [1.29, 1.82) is 0 Å². The molecule has 2 aromatic heterocycles. The van der Waals surface area contributed by atoms with Crippen LogP contribution in [0.5, 0.6) is 0 Å². The fraction of sp³-hybridized carbons (Fsp3) is 0.368. The van der Waals surface area contributed by atoms with E-state index in [1.165, 1.54) is 22.6 Å². The van der Waals surface area contributed by atoms with Crippen molar-refractivity contribution in [2.75, 3.05) is 5.32 Å². The smallest absolute Gasteiger partial charge is 0.282 e. The number of rotatable bonds is 7. The molecule has 0 spiro atoms. The number of nitrogens with zero attached hydrogens (tertiary/aromatic N) is 5. The van der Waals surface area contributed by atoms with Crippen LogP contribution in [0.1, 0.15) is 47.7 Å². The highest BCUT2D eigenvalue weighted by atomic mass is 19.3. The second-order valence-electron chi connectivity index (χ2n) is 7.03. The zero-order chi connectivity index (χ0) is 19.7. The Morgan fingerprint density at radius 2 is 2.00 bits per heavy atom. The third-order valence-corrected chi connectivity index (χ3v) is 4.60. The van der Waals surface area contributed by atoms with E-state index >= 15 is 0 Å². The molecular weight excluding hydrogens is 366 g/mol. The predicted molar refractivity (Wildman–Crippen MR) is 98.1 cm³/mol. The summed E-state index contributed by atoms with van der Waals surface area (Å²) in [5.74, 6) is -0.0233. The van der Waals surface area contributed by atoms with E-state index in [-0.39, 0.29) is 24.1 Å². The molecule has 0 radical (unpaired) electrons. The lowest BCUT2D eigenvalue weighted by molar-refractivity contribution is -0.117. The normalized spacial score (nSPS) is 13.9. The van der Waals surface area contributed by atoms with Crippen molar-refractivity contribution in [1.82, 2.24) is 24.5 Å². The molecule has 1 fully saturated rings. The Kier molecular flexibility index (Phi) is 4.89. The van der Waals surface area contributed by atoms with Gasteiger partial charge in [0.2, 0.25) is 11.9 Å². The number of alkyl halides is 2. The molecule has 9 heteroatoms. The summed E-state index contributed by atoms with van der Waals surface area (Å²) in [6.45, 7) is 2.41. The first kappa shape index (κ1) is 18.3. The molecule has 1 aliphatic carbocycles. The summed E-state index contributed by atoms with van der Waals surface area (Å²) >= 11 is 0. The number of carbonyl (C=O) groups excluding carboxylic acids is 1. The van der Waals surface area contributed by atoms with Crippen LogP contribution in [0.15, 0.2) is 36.7 Å². The minimum absolute atomic E-state index is 0.148. The van der Waals surface area contributed by atoms with E-state index in [2.05, 4.69) is 20.5 Å². The Labute approximate surface area is 160 Å². The van der Waals surface area contributed by atoms with Crippen LogP contribution in [-0.4, -0.2) is 30.5 Å². The molecule has 7 nitrogen and oxygen atoms in total. The van der Waals surface area contributed by atoms with E-state index in [9.17, 15) is 13.6 Å². The zero-order valence-electron chi connectivity index (χ0n) is 15.3. The second kappa shape index (κ2) is 7.49. The van der Waals surface area contributed by atoms with E-state index in [0.717, 1.165) is 18.4 Å². The maximum Gasteiger partial charge on any atom is 0.282 e. The second-order valence-corrected chi connectivity index (χ2v) is 7.03. The summed E-state index contributed by atoms with van der Waals surface area (Å²) in [7, 11) is 0. The van der Waals surface area contributed by atoms with Crippen molar-refractivity contribution in [2.45, 2.75) is 45.2 Å². The van der Waals surface area contributed by atoms with Gasteiger partial charge in [0.05, 0.1) is 6.54 Å². The van der Waals surface area contributed by atoms with Crippen molar-refractivity contribution >= 4 is 11.9 Å². The monoisotopic (exact) mass is 386 g/mol. The molecule has 0 aliphatic heterocycles. The molecular formula is C19H20F2N6O. The first-order valence-electron chi connectivity index (χ1n) is 9.08. The third-order valence-electron chi connectivity index (χ3n) is 4.60. The SMILES string of the molecule is Cc1ccc(Cn2cnc(NC(=O)Cn3nc(C(F)F)cc3C3CC3)n2)cc1. The van der Waals surface area contributed by atoms with Gasteiger partial charge in [-0.25, -0.2) is 18.4 Å².